The predicted molar refractivity (Wildman–Crippen MR) is 104 cm³/mol. The molecule has 2 aromatic rings. The molecule has 27 heavy (non-hydrogen) atoms. The van der Waals surface area contributed by atoms with E-state index in [0.29, 0.717) is 25.3 Å². The minimum absolute atomic E-state index is 0.0388. The van der Waals surface area contributed by atoms with Gasteiger partial charge in [-0.15, -0.1) is 0 Å². The molecule has 0 bridgehead atoms. The van der Waals surface area contributed by atoms with Crippen molar-refractivity contribution in [1.82, 2.24) is 19.8 Å². The van der Waals surface area contributed by atoms with Gasteiger partial charge in [-0.3, -0.25) is 9.59 Å². The fourth-order valence-electron chi connectivity index (χ4n) is 4.27. The van der Waals surface area contributed by atoms with Gasteiger partial charge in [0.05, 0.1) is 23.3 Å². The van der Waals surface area contributed by atoms with E-state index in [1.165, 1.54) is 16.6 Å². The number of nitrogens with zero attached hydrogens (tertiary/aromatic N) is 3. The van der Waals surface area contributed by atoms with E-state index in [1.807, 2.05) is 11.2 Å². The Kier molecular flexibility index (Phi) is 4.89. The molecule has 1 atom stereocenters. The van der Waals surface area contributed by atoms with Crippen LogP contribution in [-0.2, 0) is 16.1 Å². The number of rotatable bonds is 3. The number of aromatic nitrogens is 2. The van der Waals surface area contributed by atoms with Crippen LogP contribution in [0.25, 0.3) is 11.0 Å². The van der Waals surface area contributed by atoms with Gasteiger partial charge >= 0.3 is 0 Å². The number of nitrogens with one attached hydrogen (secondary N) is 1. The molecule has 0 spiro atoms. The summed E-state index contributed by atoms with van der Waals surface area (Å²) in [5.41, 5.74) is 4.84. The zero-order valence-corrected chi connectivity index (χ0v) is 16.2. The second-order valence-corrected chi connectivity index (χ2v) is 8.13. The van der Waals surface area contributed by atoms with Crippen molar-refractivity contribution < 1.29 is 9.59 Å². The van der Waals surface area contributed by atoms with Crippen LogP contribution in [0.2, 0.25) is 0 Å². The SMILES string of the molecule is Cc1cc2ncn(CC3CCN(C(=O)C4CCC(=O)NC4)CC3)c2cc1C. The Balaban J connectivity index is 1.35. The maximum Gasteiger partial charge on any atom is 0.227 e. The standard InChI is InChI=1S/C21H28N4O2/c1-14-9-18-19(10-15(14)2)25(13-23-18)12-16-5-7-24(8-6-16)21(27)17-3-4-20(26)22-11-17/h9-10,13,16-17H,3-8,11-12H2,1-2H3,(H,22,26). The van der Waals surface area contributed by atoms with Crippen LogP contribution in [0.5, 0.6) is 0 Å². The summed E-state index contributed by atoms with van der Waals surface area (Å²) in [5, 5.41) is 2.82. The summed E-state index contributed by atoms with van der Waals surface area (Å²) >= 11 is 0. The van der Waals surface area contributed by atoms with Crippen molar-refractivity contribution in [1.29, 1.82) is 0 Å². The first kappa shape index (κ1) is 18.0. The van der Waals surface area contributed by atoms with E-state index in [4.69, 9.17) is 0 Å². The fraction of sp³-hybridized carbons (Fsp3) is 0.571. The van der Waals surface area contributed by atoms with Gasteiger partial charge in [-0.25, -0.2) is 4.98 Å². The zero-order valence-electron chi connectivity index (χ0n) is 16.2. The molecule has 6 nitrogen and oxygen atoms in total. The Bertz CT molecular complexity index is 854. The van der Waals surface area contributed by atoms with Crippen molar-refractivity contribution in [2.45, 2.75) is 46.1 Å². The molecule has 0 saturated carbocycles. The van der Waals surface area contributed by atoms with Crippen LogP contribution in [0.4, 0.5) is 0 Å². The largest absolute Gasteiger partial charge is 0.355 e. The quantitative estimate of drug-likeness (QED) is 0.905. The minimum atomic E-state index is -0.0388. The third kappa shape index (κ3) is 3.70. The monoisotopic (exact) mass is 368 g/mol. The molecule has 3 heterocycles. The van der Waals surface area contributed by atoms with Gasteiger partial charge in [0, 0.05) is 32.6 Å². The van der Waals surface area contributed by atoms with Crippen molar-refractivity contribution >= 4 is 22.8 Å². The van der Waals surface area contributed by atoms with Crippen LogP contribution >= 0.6 is 0 Å². The molecular weight excluding hydrogens is 340 g/mol. The molecule has 1 N–H and O–H groups in total. The number of carbonyl (C=O) groups is 2. The number of likely N-dealkylation sites (tertiary alicyclic amines) is 1. The lowest BCUT2D eigenvalue weighted by Crippen LogP contribution is -2.47. The molecular formula is C21H28N4O2. The van der Waals surface area contributed by atoms with Crippen molar-refractivity contribution in [2.24, 2.45) is 11.8 Å². The van der Waals surface area contributed by atoms with Crippen LogP contribution in [0, 0.1) is 25.7 Å². The highest BCUT2D eigenvalue weighted by molar-refractivity contribution is 5.83. The molecule has 4 rings (SSSR count). The van der Waals surface area contributed by atoms with E-state index < -0.39 is 0 Å². The van der Waals surface area contributed by atoms with E-state index in [0.717, 1.165) is 38.0 Å². The number of hydrogen-bond donors (Lipinski definition) is 1. The third-order valence-electron chi connectivity index (χ3n) is 6.23. The normalized spacial score (nSPS) is 21.5. The molecule has 0 radical (unpaired) electrons. The van der Waals surface area contributed by atoms with Gasteiger partial charge in [-0.1, -0.05) is 0 Å². The Morgan fingerprint density at radius 1 is 1.19 bits per heavy atom. The summed E-state index contributed by atoms with van der Waals surface area (Å²) < 4.78 is 2.26. The molecule has 2 amide bonds. The van der Waals surface area contributed by atoms with Crippen molar-refractivity contribution in [3.8, 4) is 0 Å². The third-order valence-corrected chi connectivity index (χ3v) is 6.23. The van der Waals surface area contributed by atoms with Gasteiger partial charge in [-0.05, 0) is 62.3 Å². The van der Waals surface area contributed by atoms with Gasteiger partial charge in [-0.2, -0.15) is 0 Å². The summed E-state index contributed by atoms with van der Waals surface area (Å²) in [6.45, 7) is 7.36. The van der Waals surface area contributed by atoms with Gasteiger partial charge in [0.1, 0.15) is 0 Å². The highest BCUT2D eigenvalue weighted by Crippen LogP contribution is 2.25. The maximum atomic E-state index is 12.7. The van der Waals surface area contributed by atoms with E-state index in [1.54, 1.807) is 0 Å². The van der Waals surface area contributed by atoms with Gasteiger partial charge < -0.3 is 14.8 Å². The number of piperidine rings is 2. The zero-order chi connectivity index (χ0) is 19.0. The highest BCUT2D eigenvalue weighted by Gasteiger charge is 2.30. The van der Waals surface area contributed by atoms with E-state index >= 15 is 0 Å². The Morgan fingerprint density at radius 3 is 2.63 bits per heavy atom. The second kappa shape index (κ2) is 7.33. The lowest BCUT2D eigenvalue weighted by atomic mass is 9.93. The van der Waals surface area contributed by atoms with Crippen LogP contribution in [0.1, 0.15) is 36.8 Å². The Morgan fingerprint density at radius 2 is 1.93 bits per heavy atom. The van der Waals surface area contributed by atoms with Crippen LogP contribution in [0.15, 0.2) is 18.5 Å². The van der Waals surface area contributed by atoms with Gasteiger partial charge in [0.25, 0.3) is 0 Å². The minimum Gasteiger partial charge on any atom is -0.355 e. The predicted octanol–water partition coefficient (Wildman–Crippen LogP) is 2.42. The molecule has 2 aliphatic rings. The smallest absolute Gasteiger partial charge is 0.227 e. The number of fused-ring (bicyclic) bond motifs is 1. The fourth-order valence-corrected chi connectivity index (χ4v) is 4.27. The summed E-state index contributed by atoms with van der Waals surface area (Å²) in [5.74, 6) is 0.811. The van der Waals surface area contributed by atoms with Crippen molar-refractivity contribution in [3.05, 3.63) is 29.6 Å². The Hall–Kier alpha value is -2.37. The average Bonchev–Trinajstić information content (AvgIpc) is 3.04. The van der Waals surface area contributed by atoms with E-state index in [9.17, 15) is 9.59 Å². The summed E-state index contributed by atoms with van der Waals surface area (Å²) in [7, 11) is 0. The number of imidazole rings is 1. The first-order valence-electron chi connectivity index (χ1n) is 9.99. The number of carbonyl (C=O) groups excluding carboxylic acids is 2. The van der Waals surface area contributed by atoms with Gasteiger partial charge in [0.2, 0.25) is 11.8 Å². The van der Waals surface area contributed by atoms with Crippen LogP contribution < -0.4 is 5.32 Å². The molecule has 1 aromatic heterocycles. The first-order valence-corrected chi connectivity index (χ1v) is 9.99. The first-order chi connectivity index (χ1) is 13.0. The number of benzene rings is 1. The van der Waals surface area contributed by atoms with E-state index in [-0.39, 0.29) is 17.7 Å². The van der Waals surface area contributed by atoms with Crippen molar-refractivity contribution in [3.63, 3.8) is 0 Å². The lowest BCUT2D eigenvalue weighted by molar-refractivity contribution is -0.138. The Labute approximate surface area is 159 Å². The van der Waals surface area contributed by atoms with Crippen molar-refractivity contribution in [2.75, 3.05) is 19.6 Å². The molecule has 2 fully saturated rings. The second-order valence-electron chi connectivity index (χ2n) is 8.13. The topological polar surface area (TPSA) is 67.2 Å². The molecule has 0 aliphatic carbocycles. The molecule has 144 valence electrons. The molecule has 6 heteroatoms. The molecule has 1 aromatic carbocycles. The maximum absolute atomic E-state index is 12.7. The highest BCUT2D eigenvalue weighted by atomic mass is 16.2. The summed E-state index contributed by atoms with van der Waals surface area (Å²) in [4.78, 5) is 30.5. The number of hydrogen-bond acceptors (Lipinski definition) is 3. The number of amides is 2. The van der Waals surface area contributed by atoms with Crippen LogP contribution in [0.3, 0.4) is 0 Å². The summed E-state index contributed by atoms with van der Waals surface area (Å²) in [6.07, 6.45) is 5.15. The average molecular weight is 368 g/mol. The van der Waals surface area contributed by atoms with Crippen LogP contribution in [-0.4, -0.2) is 45.9 Å². The van der Waals surface area contributed by atoms with Gasteiger partial charge in [0.15, 0.2) is 0 Å². The molecule has 2 aliphatic heterocycles. The van der Waals surface area contributed by atoms with E-state index in [2.05, 4.69) is 40.8 Å². The molecule has 1 unspecified atom stereocenters. The summed E-state index contributed by atoms with van der Waals surface area (Å²) in [6, 6.07) is 4.39. The lowest BCUT2D eigenvalue weighted by Gasteiger charge is -2.35. The number of aryl methyl sites for hydroxylation is 2. The molecule has 2 saturated heterocycles.